The summed E-state index contributed by atoms with van der Waals surface area (Å²) >= 11 is 0. The number of benzene rings is 2. The SMILES string of the molecule is CC(C)COc1ccccc1NC(=O)CNc1ccc(C(=O)NCc2ccco2)cc1. The van der Waals surface area contributed by atoms with Crippen molar-refractivity contribution < 1.29 is 18.7 Å². The number of carbonyl (C=O) groups is 2. The summed E-state index contributed by atoms with van der Waals surface area (Å²) < 4.78 is 11.0. The molecule has 0 fully saturated rings. The summed E-state index contributed by atoms with van der Waals surface area (Å²) in [6, 6.07) is 17.9. The van der Waals surface area contributed by atoms with Crippen LogP contribution in [0.1, 0.15) is 30.0 Å². The minimum atomic E-state index is -0.196. The number of furan rings is 1. The van der Waals surface area contributed by atoms with E-state index in [0.29, 0.717) is 41.8 Å². The molecule has 0 bridgehead atoms. The Morgan fingerprint density at radius 1 is 1.00 bits per heavy atom. The molecule has 2 aromatic carbocycles. The molecule has 3 rings (SSSR count). The Kier molecular flexibility index (Phi) is 7.70. The van der Waals surface area contributed by atoms with Crippen molar-refractivity contribution >= 4 is 23.2 Å². The molecule has 31 heavy (non-hydrogen) atoms. The van der Waals surface area contributed by atoms with Gasteiger partial charge < -0.3 is 25.1 Å². The van der Waals surface area contributed by atoms with Crippen LogP contribution in [0.3, 0.4) is 0 Å². The number of ether oxygens (including phenoxy) is 1. The number of rotatable bonds is 10. The van der Waals surface area contributed by atoms with Gasteiger partial charge in [0.15, 0.2) is 0 Å². The molecule has 0 atom stereocenters. The fourth-order valence-electron chi connectivity index (χ4n) is 2.75. The average Bonchev–Trinajstić information content (AvgIpc) is 3.29. The first-order valence-electron chi connectivity index (χ1n) is 10.2. The van der Waals surface area contributed by atoms with E-state index in [1.807, 2.05) is 24.3 Å². The van der Waals surface area contributed by atoms with Gasteiger partial charge in [-0.05, 0) is 54.4 Å². The lowest BCUT2D eigenvalue weighted by Gasteiger charge is -2.14. The van der Waals surface area contributed by atoms with E-state index in [2.05, 4.69) is 29.8 Å². The third-order valence-corrected chi connectivity index (χ3v) is 4.34. The number of anilines is 2. The largest absolute Gasteiger partial charge is 0.491 e. The van der Waals surface area contributed by atoms with Gasteiger partial charge in [0.25, 0.3) is 5.91 Å². The van der Waals surface area contributed by atoms with Crippen LogP contribution in [0.5, 0.6) is 5.75 Å². The molecule has 3 aromatic rings. The maximum absolute atomic E-state index is 12.3. The zero-order valence-corrected chi connectivity index (χ0v) is 17.7. The highest BCUT2D eigenvalue weighted by molar-refractivity contribution is 5.96. The molecule has 3 N–H and O–H groups in total. The van der Waals surface area contributed by atoms with Gasteiger partial charge in [0.2, 0.25) is 5.91 Å². The maximum atomic E-state index is 12.3. The predicted molar refractivity (Wildman–Crippen MR) is 120 cm³/mol. The second-order valence-electron chi connectivity index (χ2n) is 7.44. The summed E-state index contributed by atoms with van der Waals surface area (Å²) in [7, 11) is 0. The Bertz CT molecular complexity index is 982. The lowest BCUT2D eigenvalue weighted by atomic mass is 10.2. The molecular formula is C24H27N3O4. The van der Waals surface area contributed by atoms with E-state index in [-0.39, 0.29) is 18.4 Å². The van der Waals surface area contributed by atoms with Crippen LogP contribution in [0.4, 0.5) is 11.4 Å². The van der Waals surface area contributed by atoms with E-state index in [4.69, 9.17) is 9.15 Å². The molecule has 162 valence electrons. The van der Waals surface area contributed by atoms with Crippen molar-refractivity contribution in [2.75, 3.05) is 23.8 Å². The lowest BCUT2D eigenvalue weighted by Crippen LogP contribution is -2.23. The standard InChI is InChI=1S/C24H27N3O4/c1-17(2)16-31-22-8-4-3-7-21(22)27-23(28)15-25-19-11-9-18(10-12-19)24(29)26-14-20-6-5-13-30-20/h3-13,17,25H,14-16H2,1-2H3,(H,26,29)(H,27,28). The first-order valence-corrected chi connectivity index (χ1v) is 10.2. The summed E-state index contributed by atoms with van der Waals surface area (Å²) in [6.07, 6.45) is 1.56. The minimum absolute atomic E-state index is 0.0859. The molecule has 0 spiro atoms. The highest BCUT2D eigenvalue weighted by atomic mass is 16.5. The van der Waals surface area contributed by atoms with E-state index in [9.17, 15) is 9.59 Å². The van der Waals surface area contributed by atoms with E-state index < -0.39 is 0 Å². The molecule has 0 saturated heterocycles. The van der Waals surface area contributed by atoms with Crippen LogP contribution in [-0.4, -0.2) is 25.0 Å². The highest BCUT2D eigenvalue weighted by Gasteiger charge is 2.09. The van der Waals surface area contributed by atoms with Crippen LogP contribution in [0, 0.1) is 5.92 Å². The first-order chi connectivity index (χ1) is 15.0. The molecule has 1 aromatic heterocycles. The van der Waals surface area contributed by atoms with Gasteiger partial charge in [-0.25, -0.2) is 0 Å². The zero-order valence-electron chi connectivity index (χ0n) is 17.7. The number of hydrogen-bond acceptors (Lipinski definition) is 5. The van der Waals surface area contributed by atoms with Crippen molar-refractivity contribution in [3.8, 4) is 5.75 Å². The molecule has 0 radical (unpaired) electrons. The molecule has 0 unspecified atom stereocenters. The molecule has 7 heteroatoms. The van der Waals surface area contributed by atoms with Gasteiger partial charge in [0.1, 0.15) is 11.5 Å². The third-order valence-electron chi connectivity index (χ3n) is 4.34. The van der Waals surface area contributed by atoms with E-state index in [0.717, 1.165) is 5.69 Å². The molecular weight excluding hydrogens is 394 g/mol. The number of para-hydroxylation sites is 2. The van der Waals surface area contributed by atoms with E-state index in [1.54, 1.807) is 42.7 Å². The van der Waals surface area contributed by atoms with Crippen molar-refractivity contribution in [2.45, 2.75) is 20.4 Å². The normalized spacial score (nSPS) is 10.5. The fraction of sp³-hybridized carbons (Fsp3) is 0.250. The monoisotopic (exact) mass is 421 g/mol. The third kappa shape index (κ3) is 6.92. The molecule has 1 heterocycles. The maximum Gasteiger partial charge on any atom is 0.251 e. The van der Waals surface area contributed by atoms with Crippen LogP contribution >= 0.6 is 0 Å². The van der Waals surface area contributed by atoms with Crippen molar-refractivity contribution in [1.82, 2.24) is 5.32 Å². The van der Waals surface area contributed by atoms with Gasteiger partial charge in [-0.3, -0.25) is 9.59 Å². The Morgan fingerprint density at radius 3 is 2.48 bits per heavy atom. The first kappa shape index (κ1) is 22.0. The van der Waals surface area contributed by atoms with Gasteiger partial charge in [0.05, 0.1) is 31.6 Å². The highest BCUT2D eigenvalue weighted by Crippen LogP contribution is 2.24. The molecule has 0 aliphatic rings. The predicted octanol–water partition coefficient (Wildman–Crippen LogP) is 4.30. The van der Waals surface area contributed by atoms with Gasteiger partial charge >= 0.3 is 0 Å². The number of hydrogen-bond donors (Lipinski definition) is 3. The molecule has 2 amide bonds. The van der Waals surface area contributed by atoms with Crippen LogP contribution < -0.4 is 20.7 Å². The topological polar surface area (TPSA) is 92.6 Å². The van der Waals surface area contributed by atoms with Gasteiger partial charge in [-0.1, -0.05) is 26.0 Å². The van der Waals surface area contributed by atoms with Crippen LogP contribution in [0.25, 0.3) is 0 Å². The van der Waals surface area contributed by atoms with Crippen LogP contribution in [-0.2, 0) is 11.3 Å². The van der Waals surface area contributed by atoms with Crippen LogP contribution in [0.2, 0.25) is 0 Å². The second kappa shape index (κ2) is 10.9. The smallest absolute Gasteiger partial charge is 0.251 e. The Morgan fingerprint density at radius 2 is 1.77 bits per heavy atom. The summed E-state index contributed by atoms with van der Waals surface area (Å²) in [5, 5.41) is 8.71. The Labute approximate surface area is 181 Å². The summed E-state index contributed by atoms with van der Waals surface area (Å²) in [5.74, 6) is 1.34. The molecule has 7 nitrogen and oxygen atoms in total. The summed E-state index contributed by atoms with van der Waals surface area (Å²) in [6.45, 7) is 5.13. The van der Waals surface area contributed by atoms with Gasteiger partial charge in [-0.2, -0.15) is 0 Å². The quantitative estimate of drug-likeness (QED) is 0.454. The van der Waals surface area contributed by atoms with Crippen molar-refractivity contribution in [3.05, 3.63) is 78.3 Å². The molecule has 0 aliphatic heterocycles. The summed E-state index contributed by atoms with van der Waals surface area (Å²) in [5.41, 5.74) is 1.90. The fourth-order valence-corrected chi connectivity index (χ4v) is 2.75. The van der Waals surface area contributed by atoms with E-state index >= 15 is 0 Å². The average molecular weight is 421 g/mol. The van der Waals surface area contributed by atoms with Crippen LogP contribution in [0.15, 0.2) is 71.3 Å². The zero-order chi connectivity index (χ0) is 22.1. The Balaban J connectivity index is 1.48. The number of amides is 2. The van der Waals surface area contributed by atoms with Crippen molar-refractivity contribution in [1.29, 1.82) is 0 Å². The van der Waals surface area contributed by atoms with Crippen molar-refractivity contribution in [2.24, 2.45) is 5.92 Å². The molecule has 0 saturated carbocycles. The second-order valence-corrected chi connectivity index (χ2v) is 7.44. The van der Waals surface area contributed by atoms with Gasteiger partial charge in [-0.15, -0.1) is 0 Å². The molecule has 0 aliphatic carbocycles. The lowest BCUT2D eigenvalue weighted by molar-refractivity contribution is -0.114. The minimum Gasteiger partial charge on any atom is -0.491 e. The Hall–Kier alpha value is -3.74. The van der Waals surface area contributed by atoms with Gasteiger partial charge in [0, 0.05) is 11.3 Å². The summed E-state index contributed by atoms with van der Waals surface area (Å²) in [4.78, 5) is 24.5. The number of nitrogens with one attached hydrogen (secondary N) is 3. The number of carbonyl (C=O) groups excluding carboxylic acids is 2. The van der Waals surface area contributed by atoms with E-state index in [1.165, 1.54) is 0 Å². The van der Waals surface area contributed by atoms with Crippen molar-refractivity contribution in [3.63, 3.8) is 0 Å².